The van der Waals surface area contributed by atoms with Crippen LogP contribution in [0.25, 0.3) is 0 Å². The molecule has 1 aliphatic heterocycles. The van der Waals surface area contributed by atoms with Gasteiger partial charge in [-0.15, -0.1) is 0 Å². The first-order chi connectivity index (χ1) is 14.4. The standard InChI is InChI=1S/C21H25ClFN5O2/c1-12-8-17(29)19-18(12)20(26-11-25-19)27-4-6-28(7-5-27)21(30)14(10-24)13-2-3-15(22)16(23)9-13/h2-3,9,11-12,14,17,29H,4-8,10,24H2,1H3/t12-,14-,17-/m1/s1. The second-order valence-corrected chi connectivity index (χ2v) is 8.33. The maximum Gasteiger partial charge on any atom is 0.231 e. The first-order valence-electron chi connectivity index (χ1n) is 10.1. The summed E-state index contributed by atoms with van der Waals surface area (Å²) >= 11 is 5.76. The molecule has 3 N–H and O–H groups in total. The van der Waals surface area contributed by atoms with Crippen molar-refractivity contribution in [3.05, 3.63) is 52.2 Å². The van der Waals surface area contributed by atoms with Crippen LogP contribution < -0.4 is 10.6 Å². The molecule has 2 heterocycles. The van der Waals surface area contributed by atoms with Gasteiger partial charge in [-0.1, -0.05) is 24.6 Å². The molecule has 9 heteroatoms. The highest BCUT2D eigenvalue weighted by Gasteiger charge is 2.34. The first-order valence-corrected chi connectivity index (χ1v) is 10.5. The Kier molecular flexibility index (Phi) is 5.90. The minimum absolute atomic E-state index is 0.0207. The zero-order valence-corrected chi connectivity index (χ0v) is 17.5. The Hall–Kier alpha value is -2.29. The van der Waals surface area contributed by atoms with Gasteiger partial charge >= 0.3 is 0 Å². The molecular weight excluding hydrogens is 409 g/mol. The Balaban J connectivity index is 1.47. The number of hydrogen-bond acceptors (Lipinski definition) is 6. The van der Waals surface area contributed by atoms with E-state index < -0.39 is 17.8 Å². The summed E-state index contributed by atoms with van der Waals surface area (Å²) in [7, 11) is 0. The van der Waals surface area contributed by atoms with Gasteiger partial charge in [0.15, 0.2) is 0 Å². The molecule has 1 fully saturated rings. The van der Waals surface area contributed by atoms with Gasteiger partial charge in [0.05, 0.1) is 22.7 Å². The van der Waals surface area contributed by atoms with Crippen molar-refractivity contribution >= 4 is 23.3 Å². The molecule has 30 heavy (non-hydrogen) atoms. The molecule has 1 aromatic heterocycles. The number of hydrogen-bond donors (Lipinski definition) is 2. The van der Waals surface area contributed by atoms with Crippen LogP contribution in [-0.4, -0.2) is 58.6 Å². The van der Waals surface area contributed by atoms with Crippen LogP contribution >= 0.6 is 11.6 Å². The number of halogens is 2. The Labute approximate surface area is 179 Å². The summed E-state index contributed by atoms with van der Waals surface area (Å²) in [6, 6.07) is 4.38. The van der Waals surface area contributed by atoms with Gasteiger partial charge < -0.3 is 20.6 Å². The third kappa shape index (κ3) is 3.75. The average molecular weight is 434 g/mol. The molecule has 0 saturated carbocycles. The second kappa shape index (κ2) is 8.45. The quantitative estimate of drug-likeness (QED) is 0.767. The van der Waals surface area contributed by atoms with Gasteiger partial charge in [0.2, 0.25) is 5.91 Å². The predicted molar refractivity (Wildman–Crippen MR) is 112 cm³/mol. The lowest BCUT2D eigenvalue weighted by molar-refractivity contribution is -0.132. The number of fused-ring (bicyclic) bond motifs is 1. The predicted octanol–water partition coefficient (Wildman–Crippen LogP) is 2.20. The number of benzene rings is 1. The zero-order chi connectivity index (χ0) is 21.4. The molecule has 160 valence electrons. The fourth-order valence-corrected chi connectivity index (χ4v) is 4.54. The molecule has 0 spiro atoms. The van der Waals surface area contributed by atoms with Gasteiger partial charge in [-0.25, -0.2) is 14.4 Å². The summed E-state index contributed by atoms with van der Waals surface area (Å²) in [5.74, 6) is -0.255. The van der Waals surface area contributed by atoms with E-state index in [9.17, 15) is 14.3 Å². The number of amides is 1. The van der Waals surface area contributed by atoms with Crippen LogP contribution in [0.2, 0.25) is 5.02 Å². The highest BCUT2D eigenvalue weighted by molar-refractivity contribution is 6.30. The number of nitrogens with zero attached hydrogens (tertiary/aromatic N) is 4. The minimum Gasteiger partial charge on any atom is -0.387 e. The molecule has 1 aromatic carbocycles. The largest absolute Gasteiger partial charge is 0.387 e. The van der Waals surface area contributed by atoms with Crippen LogP contribution in [0.4, 0.5) is 10.2 Å². The van der Waals surface area contributed by atoms with Crippen molar-refractivity contribution < 1.29 is 14.3 Å². The maximum absolute atomic E-state index is 13.9. The monoisotopic (exact) mass is 433 g/mol. The average Bonchev–Trinajstić information content (AvgIpc) is 3.05. The number of aliphatic hydroxyl groups is 1. The van der Waals surface area contributed by atoms with E-state index in [1.54, 1.807) is 11.0 Å². The number of aliphatic hydroxyl groups excluding tert-OH is 1. The number of carbonyl (C=O) groups is 1. The normalized spacial score (nSPS) is 22.2. The molecular formula is C21H25ClFN5O2. The van der Waals surface area contributed by atoms with E-state index in [1.807, 2.05) is 0 Å². The highest BCUT2D eigenvalue weighted by Crippen LogP contribution is 2.42. The van der Waals surface area contributed by atoms with E-state index >= 15 is 0 Å². The Morgan fingerprint density at radius 1 is 1.33 bits per heavy atom. The number of anilines is 1. The SMILES string of the molecule is C[C@@H]1C[C@@H](O)c2ncnc(N3CCN(C(=O)[C@H](CN)c4ccc(Cl)c(F)c4)CC3)c21. The van der Waals surface area contributed by atoms with E-state index in [2.05, 4.69) is 21.8 Å². The third-order valence-electron chi connectivity index (χ3n) is 6.05. The van der Waals surface area contributed by atoms with Crippen molar-refractivity contribution in [1.29, 1.82) is 0 Å². The lowest BCUT2D eigenvalue weighted by Gasteiger charge is -2.37. The van der Waals surface area contributed by atoms with Crippen LogP contribution in [0.5, 0.6) is 0 Å². The van der Waals surface area contributed by atoms with Gasteiger partial charge in [-0.3, -0.25) is 4.79 Å². The summed E-state index contributed by atoms with van der Waals surface area (Å²) in [5.41, 5.74) is 8.09. The molecule has 3 atom stereocenters. The number of piperazine rings is 1. The van der Waals surface area contributed by atoms with E-state index in [-0.39, 0.29) is 23.4 Å². The zero-order valence-electron chi connectivity index (χ0n) is 16.8. The molecule has 0 unspecified atom stereocenters. The van der Waals surface area contributed by atoms with E-state index in [4.69, 9.17) is 17.3 Å². The Bertz CT molecular complexity index is 951. The number of carbonyl (C=O) groups excluding carboxylic acids is 1. The Morgan fingerprint density at radius 3 is 2.73 bits per heavy atom. The fraction of sp³-hybridized carbons (Fsp3) is 0.476. The van der Waals surface area contributed by atoms with Gasteiger partial charge in [-0.2, -0.15) is 0 Å². The van der Waals surface area contributed by atoms with Crippen molar-refractivity contribution in [3.63, 3.8) is 0 Å². The molecule has 2 aliphatic rings. The number of rotatable bonds is 4. The molecule has 0 bridgehead atoms. The molecule has 1 amide bonds. The number of nitrogens with two attached hydrogens (primary N) is 1. The van der Waals surface area contributed by atoms with E-state index in [0.29, 0.717) is 43.9 Å². The van der Waals surface area contributed by atoms with Crippen molar-refractivity contribution in [3.8, 4) is 0 Å². The van der Waals surface area contributed by atoms with Crippen LogP contribution in [-0.2, 0) is 4.79 Å². The second-order valence-electron chi connectivity index (χ2n) is 7.92. The van der Waals surface area contributed by atoms with Gasteiger partial charge in [-0.05, 0) is 30.0 Å². The summed E-state index contributed by atoms with van der Waals surface area (Å²) < 4.78 is 13.9. The fourth-order valence-electron chi connectivity index (χ4n) is 4.42. The Morgan fingerprint density at radius 2 is 2.07 bits per heavy atom. The van der Waals surface area contributed by atoms with Crippen molar-refractivity contribution in [2.75, 3.05) is 37.6 Å². The smallest absolute Gasteiger partial charge is 0.231 e. The maximum atomic E-state index is 13.9. The minimum atomic E-state index is -0.609. The molecule has 4 rings (SSSR count). The lowest BCUT2D eigenvalue weighted by atomic mass is 9.97. The molecule has 1 aliphatic carbocycles. The highest BCUT2D eigenvalue weighted by atomic mass is 35.5. The van der Waals surface area contributed by atoms with Crippen molar-refractivity contribution in [2.24, 2.45) is 5.73 Å². The van der Waals surface area contributed by atoms with Crippen LogP contribution in [0, 0.1) is 5.82 Å². The van der Waals surface area contributed by atoms with Crippen molar-refractivity contribution in [2.45, 2.75) is 31.3 Å². The summed E-state index contributed by atoms with van der Waals surface area (Å²) in [6.45, 7) is 4.42. The van der Waals surface area contributed by atoms with E-state index in [0.717, 1.165) is 11.4 Å². The first kappa shape index (κ1) is 21.0. The lowest BCUT2D eigenvalue weighted by Crippen LogP contribution is -2.51. The van der Waals surface area contributed by atoms with Gasteiger partial charge in [0.1, 0.15) is 18.0 Å². The summed E-state index contributed by atoms with van der Waals surface area (Å²) in [4.78, 5) is 25.7. The van der Waals surface area contributed by atoms with Gasteiger partial charge in [0, 0.05) is 38.3 Å². The number of aromatic nitrogens is 2. The van der Waals surface area contributed by atoms with Gasteiger partial charge in [0.25, 0.3) is 0 Å². The van der Waals surface area contributed by atoms with Crippen molar-refractivity contribution in [1.82, 2.24) is 14.9 Å². The third-order valence-corrected chi connectivity index (χ3v) is 6.36. The molecule has 7 nitrogen and oxygen atoms in total. The summed E-state index contributed by atoms with van der Waals surface area (Å²) in [5, 5.41) is 10.2. The summed E-state index contributed by atoms with van der Waals surface area (Å²) in [6.07, 6.45) is 1.59. The molecule has 2 aromatic rings. The van der Waals surface area contributed by atoms with Crippen LogP contribution in [0.15, 0.2) is 24.5 Å². The van der Waals surface area contributed by atoms with Crippen LogP contribution in [0.1, 0.15) is 48.1 Å². The molecule has 1 saturated heterocycles. The van der Waals surface area contributed by atoms with Crippen LogP contribution in [0.3, 0.4) is 0 Å². The van der Waals surface area contributed by atoms with E-state index in [1.165, 1.54) is 18.5 Å². The molecule has 0 radical (unpaired) electrons. The topological polar surface area (TPSA) is 95.6 Å².